The molecule has 0 saturated heterocycles. The van der Waals surface area contributed by atoms with Gasteiger partial charge in [0, 0.05) is 32.9 Å². The zero-order chi connectivity index (χ0) is 15.2. The van der Waals surface area contributed by atoms with E-state index in [0.717, 1.165) is 17.4 Å². The van der Waals surface area contributed by atoms with Gasteiger partial charge in [-0.25, -0.2) is 13.1 Å². The molecule has 0 unspecified atom stereocenters. The molecule has 0 amide bonds. The van der Waals surface area contributed by atoms with Crippen molar-refractivity contribution in [3.05, 3.63) is 16.2 Å². The van der Waals surface area contributed by atoms with Crippen LogP contribution in [0, 0.1) is 10.1 Å². The molecule has 0 bridgehead atoms. The van der Waals surface area contributed by atoms with Crippen LogP contribution in [0.1, 0.15) is 13.3 Å². The molecule has 0 atom stereocenters. The van der Waals surface area contributed by atoms with Gasteiger partial charge in [0.2, 0.25) is 10.0 Å². The standard InChI is InChI=1S/C10H17N3O5S2/c1-3-18-6-4-5-12-20(16,17)9-7-8(13(14)15)10(11-2)19-9/h7,11-12H,3-6H2,1-2H3. The summed E-state index contributed by atoms with van der Waals surface area (Å²) in [5, 5.41) is 13.6. The first kappa shape index (κ1) is 16.8. The highest BCUT2D eigenvalue weighted by Crippen LogP contribution is 2.36. The number of rotatable bonds is 9. The van der Waals surface area contributed by atoms with Crippen LogP contribution in [-0.4, -0.2) is 40.1 Å². The molecule has 8 nitrogen and oxygen atoms in total. The summed E-state index contributed by atoms with van der Waals surface area (Å²) in [4.78, 5) is 10.2. The Morgan fingerprint density at radius 1 is 1.50 bits per heavy atom. The highest BCUT2D eigenvalue weighted by molar-refractivity contribution is 7.91. The fraction of sp³-hybridized carbons (Fsp3) is 0.600. The number of nitro groups is 1. The molecular weight excluding hydrogens is 306 g/mol. The Morgan fingerprint density at radius 3 is 2.70 bits per heavy atom. The fourth-order valence-electron chi connectivity index (χ4n) is 1.40. The van der Waals surface area contributed by atoms with Crippen molar-refractivity contribution in [2.24, 2.45) is 0 Å². The van der Waals surface area contributed by atoms with Gasteiger partial charge in [-0.1, -0.05) is 11.3 Å². The third-order valence-corrected chi connectivity index (χ3v) is 5.42. The maximum Gasteiger partial charge on any atom is 0.304 e. The molecule has 0 fully saturated rings. The fourth-order valence-corrected chi connectivity index (χ4v) is 3.80. The van der Waals surface area contributed by atoms with E-state index in [1.165, 1.54) is 7.05 Å². The van der Waals surface area contributed by atoms with Gasteiger partial charge < -0.3 is 10.1 Å². The predicted molar refractivity (Wildman–Crippen MR) is 76.8 cm³/mol. The van der Waals surface area contributed by atoms with Crippen molar-refractivity contribution in [3.8, 4) is 0 Å². The van der Waals surface area contributed by atoms with Gasteiger partial charge in [0.25, 0.3) is 0 Å². The maximum absolute atomic E-state index is 12.0. The summed E-state index contributed by atoms with van der Waals surface area (Å²) >= 11 is 0.829. The molecule has 0 radical (unpaired) electrons. The van der Waals surface area contributed by atoms with E-state index in [-0.39, 0.29) is 21.4 Å². The van der Waals surface area contributed by atoms with E-state index in [1.807, 2.05) is 6.92 Å². The summed E-state index contributed by atoms with van der Waals surface area (Å²) < 4.78 is 31.4. The largest absolute Gasteiger partial charge is 0.382 e. The van der Waals surface area contributed by atoms with E-state index in [2.05, 4.69) is 10.0 Å². The molecule has 0 aliphatic carbocycles. The van der Waals surface area contributed by atoms with Crippen LogP contribution in [0.5, 0.6) is 0 Å². The molecule has 0 aliphatic heterocycles. The molecule has 1 heterocycles. The molecule has 0 aromatic carbocycles. The summed E-state index contributed by atoms with van der Waals surface area (Å²) in [6, 6.07) is 1.06. The van der Waals surface area contributed by atoms with Gasteiger partial charge in [0.15, 0.2) is 5.00 Å². The first-order valence-corrected chi connectivity index (χ1v) is 8.25. The number of anilines is 1. The Balaban J connectivity index is 2.75. The second-order valence-corrected chi connectivity index (χ2v) is 6.78. The molecule has 114 valence electrons. The van der Waals surface area contributed by atoms with Crippen LogP contribution in [-0.2, 0) is 14.8 Å². The molecule has 0 aliphatic rings. The van der Waals surface area contributed by atoms with Crippen LogP contribution in [0.3, 0.4) is 0 Å². The zero-order valence-electron chi connectivity index (χ0n) is 11.2. The summed E-state index contributed by atoms with van der Waals surface area (Å²) in [6.07, 6.45) is 0.541. The van der Waals surface area contributed by atoms with E-state index in [9.17, 15) is 18.5 Å². The Kier molecular flexibility index (Phi) is 6.33. The lowest BCUT2D eigenvalue weighted by atomic mass is 10.5. The number of hydrogen-bond donors (Lipinski definition) is 2. The lowest BCUT2D eigenvalue weighted by Crippen LogP contribution is -2.24. The van der Waals surface area contributed by atoms with E-state index in [4.69, 9.17) is 4.74 Å². The van der Waals surface area contributed by atoms with Crippen LogP contribution < -0.4 is 10.0 Å². The third-order valence-electron chi connectivity index (χ3n) is 2.34. The zero-order valence-corrected chi connectivity index (χ0v) is 12.8. The molecule has 20 heavy (non-hydrogen) atoms. The first-order valence-electron chi connectivity index (χ1n) is 5.95. The summed E-state index contributed by atoms with van der Waals surface area (Å²) in [7, 11) is -2.22. The van der Waals surface area contributed by atoms with E-state index < -0.39 is 14.9 Å². The van der Waals surface area contributed by atoms with Crippen LogP contribution in [0.2, 0.25) is 0 Å². The van der Waals surface area contributed by atoms with Crippen molar-refractivity contribution >= 4 is 32.0 Å². The van der Waals surface area contributed by atoms with Gasteiger partial charge in [0.1, 0.15) is 4.21 Å². The van der Waals surface area contributed by atoms with Crippen LogP contribution in [0.15, 0.2) is 10.3 Å². The number of nitrogens with one attached hydrogen (secondary N) is 2. The Hall–Kier alpha value is -1.23. The second kappa shape index (κ2) is 7.53. The lowest BCUT2D eigenvalue weighted by Gasteiger charge is -2.04. The third kappa shape index (κ3) is 4.40. The number of hydrogen-bond acceptors (Lipinski definition) is 7. The quantitative estimate of drug-likeness (QED) is 0.404. The average Bonchev–Trinajstić information content (AvgIpc) is 2.83. The minimum absolute atomic E-state index is 0.0787. The van der Waals surface area contributed by atoms with Crippen molar-refractivity contribution in [2.75, 3.05) is 32.1 Å². The van der Waals surface area contributed by atoms with Gasteiger partial charge >= 0.3 is 5.69 Å². The predicted octanol–water partition coefficient (Wildman–Crippen LogP) is 1.40. The van der Waals surface area contributed by atoms with E-state index in [1.54, 1.807) is 0 Å². The number of sulfonamides is 1. The SMILES string of the molecule is CCOCCCNS(=O)(=O)c1cc([N+](=O)[O-])c(NC)s1. The molecular formula is C10H17N3O5S2. The minimum atomic E-state index is -3.72. The normalized spacial score (nSPS) is 11.5. The van der Waals surface area contributed by atoms with Gasteiger partial charge in [-0.3, -0.25) is 10.1 Å². The van der Waals surface area contributed by atoms with Crippen molar-refractivity contribution in [1.29, 1.82) is 0 Å². The molecule has 1 aromatic rings. The Labute approximate surface area is 121 Å². The van der Waals surface area contributed by atoms with E-state index in [0.29, 0.717) is 19.6 Å². The van der Waals surface area contributed by atoms with Gasteiger partial charge in [-0.05, 0) is 13.3 Å². The van der Waals surface area contributed by atoms with Crippen molar-refractivity contribution in [2.45, 2.75) is 17.6 Å². The van der Waals surface area contributed by atoms with Crippen LogP contribution in [0.4, 0.5) is 10.7 Å². The molecule has 10 heteroatoms. The van der Waals surface area contributed by atoms with E-state index >= 15 is 0 Å². The molecule has 0 spiro atoms. The minimum Gasteiger partial charge on any atom is -0.382 e. The van der Waals surface area contributed by atoms with Crippen molar-refractivity contribution in [1.82, 2.24) is 4.72 Å². The van der Waals surface area contributed by atoms with Crippen molar-refractivity contribution < 1.29 is 18.1 Å². The summed E-state index contributed by atoms with van der Waals surface area (Å²) in [6.45, 7) is 3.12. The Bertz CT molecular complexity index is 555. The average molecular weight is 323 g/mol. The van der Waals surface area contributed by atoms with Gasteiger partial charge in [0.05, 0.1) is 4.92 Å². The van der Waals surface area contributed by atoms with Gasteiger partial charge in [-0.2, -0.15) is 0 Å². The smallest absolute Gasteiger partial charge is 0.304 e. The molecule has 0 saturated carbocycles. The highest BCUT2D eigenvalue weighted by atomic mass is 32.2. The highest BCUT2D eigenvalue weighted by Gasteiger charge is 2.25. The monoisotopic (exact) mass is 323 g/mol. The maximum atomic E-state index is 12.0. The van der Waals surface area contributed by atoms with Crippen LogP contribution in [0.25, 0.3) is 0 Å². The molecule has 1 rings (SSSR count). The number of nitrogens with zero attached hydrogens (tertiary/aromatic N) is 1. The summed E-state index contributed by atoms with van der Waals surface area (Å²) in [5.41, 5.74) is -0.243. The van der Waals surface area contributed by atoms with Gasteiger partial charge in [-0.15, -0.1) is 0 Å². The number of ether oxygens (including phenoxy) is 1. The summed E-state index contributed by atoms with van der Waals surface area (Å²) in [5.74, 6) is 0. The number of thiophene rings is 1. The molecule has 1 aromatic heterocycles. The first-order chi connectivity index (χ1) is 9.42. The topological polar surface area (TPSA) is 111 Å². The Morgan fingerprint density at radius 2 is 2.20 bits per heavy atom. The second-order valence-electron chi connectivity index (χ2n) is 3.74. The molecule has 2 N–H and O–H groups in total. The lowest BCUT2D eigenvalue weighted by molar-refractivity contribution is -0.383. The van der Waals surface area contributed by atoms with Crippen molar-refractivity contribution in [3.63, 3.8) is 0 Å². The van der Waals surface area contributed by atoms with Crippen LogP contribution >= 0.6 is 11.3 Å².